The Morgan fingerprint density at radius 2 is 0.925 bits per heavy atom. The van der Waals surface area contributed by atoms with Crippen LogP contribution >= 0.6 is 15.9 Å². The largest absolute Gasteiger partial charge is 0.454 e. The van der Waals surface area contributed by atoms with Gasteiger partial charge in [0.05, 0.1) is 5.69 Å². The van der Waals surface area contributed by atoms with Crippen LogP contribution in [-0.2, 0) is 0 Å². The van der Waals surface area contributed by atoms with E-state index in [2.05, 4.69) is 147 Å². The SMILES string of the molecule is Brc1cc(N(c2ccccc2)c2ccccc2)cc(N(c2ccccc2)c2cccc3c2oc2ccccc23)c1. The summed E-state index contributed by atoms with van der Waals surface area (Å²) in [5, 5.41) is 2.21. The molecule has 0 radical (unpaired) electrons. The van der Waals surface area contributed by atoms with Gasteiger partial charge < -0.3 is 14.2 Å². The maximum absolute atomic E-state index is 6.49. The molecule has 6 aromatic carbocycles. The Kier molecular flexibility index (Phi) is 6.31. The van der Waals surface area contributed by atoms with Crippen LogP contribution in [0, 0.1) is 0 Å². The molecule has 0 aliphatic rings. The van der Waals surface area contributed by atoms with E-state index >= 15 is 0 Å². The lowest BCUT2D eigenvalue weighted by atomic mass is 10.1. The van der Waals surface area contributed by atoms with Crippen molar-refractivity contribution < 1.29 is 4.42 Å². The summed E-state index contributed by atoms with van der Waals surface area (Å²) in [4.78, 5) is 4.55. The topological polar surface area (TPSA) is 19.6 Å². The summed E-state index contributed by atoms with van der Waals surface area (Å²) in [6, 6.07) is 52.5. The van der Waals surface area contributed by atoms with Crippen molar-refractivity contribution in [3.05, 3.63) is 156 Å². The maximum atomic E-state index is 6.49. The Morgan fingerprint density at radius 3 is 1.55 bits per heavy atom. The molecule has 0 aliphatic carbocycles. The number of furan rings is 1. The molecule has 7 aromatic rings. The van der Waals surface area contributed by atoms with Crippen LogP contribution in [0.25, 0.3) is 21.9 Å². The van der Waals surface area contributed by atoms with Gasteiger partial charge in [0.1, 0.15) is 5.58 Å². The van der Waals surface area contributed by atoms with Crippen molar-refractivity contribution >= 4 is 72.0 Å². The second kappa shape index (κ2) is 10.4. The zero-order valence-corrected chi connectivity index (χ0v) is 23.2. The molecule has 192 valence electrons. The minimum Gasteiger partial charge on any atom is -0.454 e. The first-order chi connectivity index (χ1) is 19.8. The molecular formula is C36H25BrN2O. The minimum absolute atomic E-state index is 0.858. The zero-order valence-electron chi connectivity index (χ0n) is 21.6. The lowest BCUT2D eigenvalue weighted by Crippen LogP contribution is -2.13. The number of nitrogens with zero attached hydrogens (tertiary/aromatic N) is 2. The van der Waals surface area contributed by atoms with Gasteiger partial charge in [-0.25, -0.2) is 0 Å². The van der Waals surface area contributed by atoms with Gasteiger partial charge in [0.25, 0.3) is 0 Å². The molecule has 40 heavy (non-hydrogen) atoms. The number of anilines is 6. The molecule has 0 atom stereocenters. The molecule has 1 aromatic heterocycles. The monoisotopic (exact) mass is 580 g/mol. The highest BCUT2D eigenvalue weighted by Crippen LogP contribution is 2.45. The molecule has 3 nitrogen and oxygen atoms in total. The molecule has 4 heteroatoms. The second-order valence-corrected chi connectivity index (χ2v) is 10.5. The third-order valence-corrected chi connectivity index (χ3v) is 7.51. The van der Waals surface area contributed by atoms with Gasteiger partial charge in [0, 0.05) is 43.7 Å². The van der Waals surface area contributed by atoms with Crippen LogP contribution < -0.4 is 9.80 Å². The van der Waals surface area contributed by atoms with Crippen LogP contribution in [0.2, 0.25) is 0 Å². The average Bonchev–Trinajstić information content (AvgIpc) is 3.39. The molecule has 0 saturated heterocycles. The Morgan fingerprint density at radius 1 is 0.425 bits per heavy atom. The zero-order chi connectivity index (χ0) is 26.9. The maximum Gasteiger partial charge on any atom is 0.159 e. The molecule has 0 aliphatic heterocycles. The number of rotatable bonds is 6. The lowest BCUT2D eigenvalue weighted by molar-refractivity contribution is 0.669. The third kappa shape index (κ3) is 4.42. The highest BCUT2D eigenvalue weighted by molar-refractivity contribution is 9.10. The fourth-order valence-corrected chi connectivity index (χ4v) is 5.80. The highest BCUT2D eigenvalue weighted by atomic mass is 79.9. The smallest absolute Gasteiger partial charge is 0.159 e. The predicted octanol–water partition coefficient (Wildman–Crippen LogP) is 11.3. The van der Waals surface area contributed by atoms with Crippen molar-refractivity contribution in [2.24, 2.45) is 0 Å². The summed E-state index contributed by atoms with van der Waals surface area (Å²) in [6.45, 7) is 0. The van der Waals surface area contributed by atoms with E-state index in [-0.39, 0.29) is 0 Å². The van der Waals surface area contributed by atoms with E-state index in [0.717, 1.165) is 60.5 Å². The number of hydrogen-bond acceptors (Lipinski definition) is 3. The number of hydrogen-bond donors (Lipinski definition) is 0. The van der Waals surface area contributed by atoms with Gasteiger partial charge in [-0.3, -0.25) is 0 Å². The molecule has 0 saturated carbocycles. The summed E-state index contributed by atoms with van der Waals surface area (Å²) in [6.07, 6.45) is 0. The molecule has 0 amide bonds. The number of fused-ring (bicyclic) bond motifs is 3. The van der Waals surface area contributed by atoms with Crippen LogP contribution in [0.15, 0.2) is 161 Å². The Labute approximate surface area is 241 Å². The van der Waals surface area contributed by atoms with Crippen molar-refractivity contribution in [1.82, 2.24) is 0 Å². The Hall–Kier alpha value is -4.80. The minimum atomic E-state index is 0.858. The normalized spacial score (nSPS) is 11.1. The standard InChI is InChI=1S/C36H25BrN2O/c37-26-23-30(38(27-13-4-1-5-14-27)28-15-6-2-7-16-28)25-31(24-26)39(29-17-8-3-9-18-29)34-21-12-20-33-32-19-10-11-22-35(32)40-36(33)34/h1-25H. The lowest BCUT2D eigenvalue weighted by Gasteiger charge is -2.29. The molecule has 0 unspecified atom stereocenters. The van der Waals surface area contributed by atoms with E-state index in [9.17, 15) is 0 Å². The Bertz CT molecular complexity index is 1880. The molecule has 0 N–H and O–H groups in total. The van der Waals surface area contributed by atoms with Crippen molar-refractivity contribution in [2.75, 3.05) is 9.80 Å². The van der Waals surface area contributed by atoms with Crippen molar-refractivity contribution in [3.63, 3.8) is 0 Å². The van der Waals surface area contributed by atoms with E-state index in [0.29, 0.717) is 0 Å². The van der Waals surface area contributed by atoms with E-state index < -0.39 is 0 Å². The number of halogens is 1. The van der Waals surface area contributed by atoms with Gasteiger partial charge in [0.15, 0.2) is 5.58 Å². The summed E-state index contributed by atoms with van der Waals surface area (Å²) >= 11 is 3.84. The molecule has 7 rings (SSSR count). The third-order valence-electron chi connectivity index (χ3n) is 7.05. The average molecular weight is 582 g/mol. The first-order valence-electron chi connectivity index (χ1n) is 13.2. The van der Waals surface area contributed by atoms with Crippen LogP contribution in [0.3, 0.4) is 0 Å². The Balaban J connectivity index is 1.47. The highest BCUT2D eigenvalue weighted by Gasteiger charge is 2.21. The summed E-state index contributed by atoms with van der Waals surface area (Å²) in [5.41, 5.74) is 8.00. The van der Waals surface area contributed by atoms with Crippen LogP contribution in [0.5, 0.6) is 0 Å². The predicted molar refractivity (Wildman–Crippen MR) is 171 cm³/mol. The number of para-hydroxylation sites is 5. The molecular weight excluding hydrogens is 556 g/mol. The van der Waals surface area contributed by atoms with E-state index in [1.165, 1.54) is 0 Å². The van der Waals surface area contributed by atoms with Crippen molar-refractivity contribution in [2.45, 2.75) is 0 Å². The molecule has 0 fully saturated rings. The van der Waals surface area contributed by atoms with E-state index in [4.69, 9.17) is 4.42 Å². The quantitative estimate of drug-likeness (QED) is 0.195. The van der Waals surface area contributed by atoms with Crippen molar-refractivity contribution in [3.8, 4) is 0 Å². The van der Waals surface area contributed by atoms with Gasteiger partial charge in [-0.05, 0) is 66.7 Å². The molecule has 1 heterocycles. The van der Waals surface area contributed by atoms with Gasteiger partial charge in [0.2, 0.25) is 0 Å². The summed E-state index contributed by atoms with van der Waals surface area (Å²) < 4.78 is 7.47. The van der Waals surface area contributed by atoms with Gasteiger partial charge in [-0.2, -0.15) is 0 Å². The van der Waals surface area contributed by atoms with Gasteiger partial charge in [-0.15, -0.1) is 0 Å². The summed E-state index contributed by atoms with van der Waals surface area (Å²) in [5.74, 6) is 0. The first-order valence-corrected chi connectivity index (χ1v) is 14.0. The van der Waals surface area contributed by atoms with Crippen LogP contribution in [0.4, 0.5) is 34.1 Å². The van der Waals surface area contributed by atoms with Gasteiger partial charge in [-0.1, -0.05) is 101 Å². The molecule has 0 bridgehead atoms. The second-order valence-electron chi connectivity index (χ2n) is 9.60. The van der Waals surface area contributed by atoms with Crippen LogP contribution in [-0.4, -0.2) is 0 Å². The van der Waals surface area contributed by atoms with E-state index in [1.807, 2.05) is 30.3 Å². The first kappa shape index (κ1) is 24.3. The van der Waals surface area contributed by atoms with Crippen LogP contribution in [0.1, 0.15) is 0 Å². The summed E-state index contributed by atoms with van der Waals surface area (Å²) in [7, 11) is 0. The van der Waals surface area contributed by atoms with Gasteiger partial charge >= 0.3 is 0 Å². The fourth-order valence-electron chi connectivity index (χ4n) is 5.33. The fraction of sp³-hybridized carbons (Fsp3) is 0. The van der Waals surface area contributed by atoms with E-state index in [1.54, 1.807) is 0 Å². The van der Waals surface area contributed by atoms with Crippen molar-refractivity contribution in [1.29, 1.82) is 0 Å². The number of benzene rings is 6. The molecule has 0 spiro atoms.